The van der Waals surface area contributed by atoms with Gasteiger partial charge in [-0.2, -0.15) is 0 Å². The zero-order valence-electron chi connectivity index (χ0n) is 12.2. The number of rotatable bonds is 8. The van der Waals surface area contributed by atoms with Crippen LogP contribution in [0.5, 0.6) is 5.75 Å². The lowest BCUT2D eigenvalue weighted by molar-refractivity contribution is -0.274. The van der Waals surface area contributed by atoms with Crippen molar-refractivity contribution in [2.24, 2.45) is 5.92 Å². The molecule has 0 amide bonds. The van der Waals surface area contributed by atoms with Gasteiger partial charge in [0, 0.05) is 18.5 Å². The number of nitrogens with one attached hydrogen (secondary N) is 1. The highest BCUT2D eigenvalue weighted by molar-refractivity contribution is 6.21. The fourth-order valence-corrected chi connectivity index (χ4v) is 2.60. The highest BCUT2D eigenvalue weighted by Crippen LogP contribution is 2.23. The van der Waals surface area contributed by atoms with Crippen LogP contribution >= 0.6 is 11.6 Å². The molecule has 1 aromatic rings. The van der Waals surface area contributed by atoms with Gasteiger partial charge in [-0.05, 0) is 23.6 Å². The molecule has 0 fully saturated rings. The van der Waals surface area contributed by atoms with Crippen LogP contribution in [-0.2, 0) is 6.54 Å². The van der Waals surface area contributed by atoms with E-state index in [0.29, 0.717) is 19.0 Å². The van der Waals surface area contributed by atoms with E-state index < -0.39 is 6.36 Å². The molecule has 0 bridgehead atoms. The lowest BCUT2D eigenvalue weighted by Crippen LogP contribution is -2.28. The summed E-state index contributed by atoms with van der Waals surface area (Å²) in [4.78, 5) is 0. The molecule has 0 radical (unpaired) electrons. The van der Waals surface area contributed by atoms with Crippen molar-refractivity contribution in [3.8, 4) is 5.75 Å². The molecule has 6 heteroatoms. The van der Waals surface area contributed by atoms with Gasteiger partial charge in [-0.3, -0.25) is 0 Å². The van der Waals surface area contributed by atoms with Crippen LogP contribution in [0, 0.1) is 5.92 Å². The largest absolute Gasteiger partial charge is 0.573 e. The molecular weight excluding hydrogens is 303 g/mol. The number of ether oxygens (including phenoxy) is 1. The fraction of sp³-hybridized carbons (Fsp3) is 0.600. The van der Waals surface area contributed by atoms with Crippen LogP contribution in [0.25, 0.3) is 0 Å². The van der Waals surface area contributed by atoms with E-state index in [1.807, 2.05) is 0 Å². The molecule has 0 aliphatic rings. The molecule has 0 saturated heterocycles. The van der Waals surface area contributed by atoms with Crippen molar-refractivity contribution in [1.29, 1.82) is 0 Å². The zero-order valence-corrected chi connectivity index (χ0v) is 13.0. The average molecular weight is 324 g/mol. The molecule has 0 aromatic heterocycles. The molecule has 1 unspecified atom stereocenters. The molecule has 0 heterocycles. The second-order valence-corrected chi connectivity index (χ2v) is 5.48. The Kier molecular flexibility index (Phi) is 7.32. The summed E-state index contributed by atoms with van der Waals surface area (Å²) in [6, 6.07) is 5.83. The van der Waals surface area contributed by atoms with Crippen molar-refractivity contribution < 1.29 is 17.9 Å². The molecule has 1 aromatic carbocycles. The van der Waals surface area contributed by atoms with E-state index in [2.05, 4.69) is 23.9 Å². The van der Waals surface area contributed by atoms with Gasteiger partial charge in [-0.25, -0.2) is 0 Å². The number of hydrogen-bond acceptors (Lipinski definition) is 2. The Hall–Kier alpha value is -0.940. The molecule has 0 aliphatic heterocycles. The highest BCUT2D eigenvalue weighted by atomic mass is 35.5. The van der Waals surface area contributed by atoms with E-state index in [9.17, 15) is 13.2 Å². The van der Waals surface area contributed by atoms with Crippen LogP contribution in [0.1, 0.15) is 32.3 Å². The predicted octanol–water partition coefficient (Wildman–Crippen LogP) is 4.72. The Morgan fingerprint density at radius 2 is 1.71 bits per heavy atom. The van der Waals surface area contributed by atoms with Crippen molar-refractivity contribution >= 4 is 11.6 Å². The normalized spacial score (nSPS) is 13.5. The van der Waals surface area contributed by atoms with Gasteiger partial charge >= 0.3 is 6.36 Å². The first kappa shape index (κ1) is 18.1. The van der Waals surface area contributed by atoms with E-state index in [4.69, 9.17) is 11.6 Å². The van der Waals surface area contributed by atoms with Crippen LogP contribution < -0.4 is 10.1 Å². The van der Waals surface area contributed by atoms with E-state index in [-0.39, 0.29) is 11.1 Å². The fourth-order valence-electron chi connectivity index (χ4n) is 2.13. The summed E-state index contributed by atoms with van der Waals surface area (Å²) in [6.07, 6.45) is -2.58. The Balaban J connectivity index is 2.39. The maximum Gasteiger partial charge on any atom is 0.573 e. The van der Waals surface area contributed by atoms with Gasteiger partial charge in [-0.1, -0.05) is 38.8 Å². The van der Waals surface area contributed by atoms with E-state index >= 15 is 0 Å². The average Bonchev–Trinajstić information content (AvgIpc) is 2.40. The number of halogens is 4. The number of hydrogen-bond donors (Lipinski definition) is 1. The minimum atomic E-state index is -4.65. The second-order valence-electron chi connectivity index (χ2n) is 4.92. The van der Waals surface area contributed by atoms with Gasteiger partial charge in [0.15, 0.2) is 0 Å². The van der Waals surface area contributed by atoms with E-state index in [1.165, 1.54) is 12.1 Å². The molecule has 0 spiro atoms. The van der Waals surface area contributed by atoms with E-state index in [0.717, 1.165) is 18.4 Å². The molecule has 0 aliphatic carbocycles. The molecule has 0 saturated carbocycles. The van der Waals surface area contributed by atoms with Crippen LogP contribution in [0.2, 0.25) is 0 Å². The topological polar surface area (TPSA) is 21.3 Å². The monoisotopic (exact) mass is 323 g/mol. The van der Waals surface area contributed by atoms with Crippen molar-refractivity contribution in [1.82, 2.24) is 5.32 Å². The van der Waals surface area contributed by atoms with Gasteiger partial charge < -0.3 is 10.1 Å². The number of alkyl halides is 4. The summed E-state index contributed by atoms with van der Waals surface area (Å²) in [5.41, 5.74) is 0.887. The summed E-state index contributed by atoms with van der Waals surface area (Å²) < 4.78 is 39.9. The quantitative estimate of drug-likeness (QED) is 0.699. The zero-order chi connectivity index (χ0) is 15.9. The van der Waals surface area contributed by atoms with Crippen LogP contribution in [0.3, 0.4) is 0 Å². The van der Waals surface area contributed by atoms with Crippen LogP contribution in [0.4, 0.5) is 13.2 Å². The summed E-state index contributed by atoms with van der Waals surface area (Å²) >= 11 is 6.30. The maximum absolute atomic E-state index is 12.0. The van der Waals surface area contributed by atoms with Crippen molar-refractivity contribution in [3.05, 3.63) is 29.8 Å². The Bertz CT molecular complexity index is 404. The third-order valence-corrected chi connectivity index (χ3v) is 3.90. The first-order valence-electron chi connectivity index (χ1n) is 7.05. The molecule has 1 N–H and O–H groups in total. The lowest BCUT2D eigenvalue weighted by Gasteiger charge is -2.19. The molecule has 21 heavy (non-hydrogen) atoms. The van der Waals surface area contributed by atoms with Crippen molar-refractivity contribution in [3.63, 3.8) is 0 Å². The highest BCUT2D eigenvalue weighted by Gasteiger charge is 2.30. The van der Waals surface area contributed by atoms with Gasteiger partial charge in [0.1, 0.15) is 5.75 Å². The first-order chi connectivity index (χ1) is 9.85. The van der Waals surface area contributed by atoms with Gasteiger partial charge in [0.2, 0.25) is 0 Å². The third kappa shape index (κ3) is 7.05. The lowest BCUT2D eigenvalue weighted by atomic mass is 9.99. The van der Waals surface area contributed by atoms with E-state index in [1.54, 1.807) is 12.1 Å². The predicted molar refractivity (Wildman–Crippen MR) is 78.5 cm³/mol. The molecule has 120 valence electrons. The second kappa shape index (κ2) is 8.49. The van der Waals surface area contributed by atoms with Crippen LogP contribution in [-0.4, -0.2) is 18.3 Å². The smallest absolute Gasteiger partial charge is 0.406 e. The number of benzene rings is 1. The summed E-state index contributed by atoms with van der Waals surface area (Å²) in [7, 11) is 0. The summed E-state index contributed by atoms with van der Waals surface area (Å²) in [6.45, 7) is 5.47. The minimum absolute atomic E-state index is 0.0628. The molecule has 2 nitrogen and oxygen atoms in total. The summed E-state index contributed by atoms with van der Waals surface area (Å²) in [5.74, 6) is 0.264. The standard InChI is InChI=1S/C15H21ClF3NO/c1-3-12(4-2)14(16)10-20-9-11-5-7-13(8-6-11)21-15(17,18)19/h5-8,12,14,20H,3-4,9-10H2,1-2H3. The minimum Gasteiger partial charge on any atom is -0.406 e. The summed E-state index contributed by atoms with van der Waals surface area (Å²) in [5, 5.41) is 3.29. The SMILES string of the molecule is CCC(CC)C(Cl)CNCc1ccc(OC(F)(F)F)cc1. The Labute approximate surface area is 128 Å². The van der Waals surface area contributed by atoms with Gasteiger partial charge in [-0.15, -0.1) is 24.8 Å². The first-order valence-corrected chi connectivity index (χ1v) is 7.48. The van der Waals surface area contributed by atoms with Gasteiger partial charge in [0.05, 0.1) is 0 Å². The Morgan fingerprint density at radius 3 is 2.19 bits per heavy atom. The molecule has 1 rings (SSSR count). The Morgan fingerprint density at radius 1 is 1.14 bits per heavy atom. The maximum atomic E-state index is 12.0. The molecule has 1 atom stereocenters. The van der Waals surface area contributed by atoms with Gasteiger partial charge in [0.25, 0.3) is 0 Å². The molecular formula is C15H21ClF3NO. The van der Waals surface area contributed by atoms with Crippen molar-refractivity contribution in [2.75, 3.05) is 6.54 Å². The third-order valence-electron chi connectivity index (χ3n) is 3.39. The van der Waals surface area contributed by atoms with Crippen molar-refractivity contribution in [2.45, 2.75) is 45.0 Å². The van der Waals surface area contributed by atoms with Crippen LogP contribution in [0.15, 0.2) is 24.3 Å².